The molecular weight excluding hydrogens is 408 g/mol. The summed E-state index contributed by atoms with van der Waals surface area (Å²) in [5.74, 6) is -2.41. The summed E-state index contributed by atoms with van der Waals surface area (Å²) in [4.78, 5) is 30.8. The van der Waals surface area contributed by atoms with E-state index in [2.05, 4.69) is 10.3 Å². The molecule has 0 radical (unpaired) electrons. The summed E-state index contributed by atoms with van der Waals surface area (Å²) in [5.41, 5.74) is 1.54. The number of thiazole rings is 1. The van der Waals surface area contributed by atoms with Gasteiger partial charge in [0.15, 0.2) is 0 Å². The molecule has 1 aliphatic heterocycles. The van der Waals surface area contributed by atoms with Crippen LogP contribution in [0.3, 0.4) is 0 Å². The van der Waals surface area contributed by atoms with Crippen LogP contribution in [0.2, 0.25) is 0 Å². The Morgan fingerprint density at radius 3 is 2.43 bits per heavy atom. The fourth-order valence-corrected chi connectivity index (χ4v) is 4.13. The van der Waals surface area contributed by atoms with Crippen LogP contribution in [0, 0.1) is 17.6 Å². The van der Waals surface area contributed by atoms with Crippen molar-refractivity contribution >= 4 is 28.8 Å². The number of hydrogen-bond donors (Lipinski definition) is 1. The van der Waals surface area contributed by atoms with Gasteiger partial charge >= 0.3 is 0 Å². The van der Waals surface area contributed by atoms with Gasteiger partial charge in [0.1, 0.15) is 16.6 Å². The highest BCUT2D eigenvalue weighted by Crippen LogP contribution is 2.25. The van der Waals surface area contributed by atoms with E-state index in [1.165, 1.54) is 4.90 Å². The molecule has 5 nitrogen and oxygen atoms in total. The summed E-state index contributed by atoms with van der Waals surface area (Å²) in [7, 11) is 0. The second kappa shape index (κ2) is 8.71. The molecule has 154 valence electrons. The molecule has 0 unspecified atom stereocenters. The highest BCUT2D eigenvalue weighted by atomic mass is 32.1. The Labute approximate surface area is 176 Å². The quantitative estimate of drug-likeness (QED) is 0.663. The molecule has 1 saturated heterocycles. The minimum atomic E-state index is -0.874. The van der Waals surface area contributed by atoms with Crippen LogP contribution in [-0.4, -0.2) is 34.8 Å². The zero-order valence-corrected chi connectivity index (χ0v) is 16.8. The van der Waals surface area contributed by atoms with Crippen molar-refractivity contribution in [1.82, 2.24) is 9.88 Å². The number of amides is 2. The van der Waals surface area contributed by atoms with E-state index in [0.29, 0.717) is 37.7 Å². The van der Waals surface area contributed by atoms with Crippen molar-refractivity contribution in [3.8, 4) is 10.6 Å². The first-order chi connectivity index (χ1) is 14.5. The van der Waals surface area contributed by atoms with Crippen molar-refractivity contribution < 1.29 is 18.4 Å². The third-order valence-corrected chi connectivity index (χ3v) is 5.97. The van der Waals surface area contributed by atoms with Gasteiger partial charge in [0.05, 0.1) is 5.56 Å². The largest absolute Gasteiger partial charge is 0.339 e. The molecule has 4 rings (SSSR count). The van der Waals surface area contributed by atoms with Crippen LogP contribution in [0.15, 0.2) is 54.0 Å². The molecule has 2 aromatic carbocycles. The molecule has 0 saturated carbocycles. The highest BCUT2D eigenvalue weighted by Gasteiger charge is 2.29. The van der Waals surface area contributed by atoms with Crippen LogP contribution in [0.4, 0.5) is 14.5 Å². The number of carbonyl (C=O) groups is 2. The lowest BCUT2D eigenvalue weighted by Gasteiger charge is -2.31. The lowest BCUT2D eigenvalue weighted by atomic mass is 9.95. The van der Waals surface area contributed by atoms with Gasteiger partial charge < -0.3 is 10.2 Å². The molecule has 0 aliphatic carbocycles. The van der Waals surface area contributed by atoms with Gasteiger partial charge in [0, 0.05) is 47.9 Å². The molecule has 1 aliphatic rings. The number of piperidine rings is 1. The smallest absolute Gasteiger partial charge is 0.256 e. The van der Waals surface area contributed by atoms with Crippen LogP contribution in [0.25, 0.3) is 10.6 Å². The predicted molar refractivity (Wildman–Crippen MR) is 111 cm³/mol. The molecule has 0 spiro atoms. The summed E-state index contributed by atoms with van der Waals surface area (Å²) in [6, 6.07) is 10.4. The van der Waals surface area contributed by atoms with Gasteiger partial charge in [-0.3, -0.25) is 9.59 Å². The number of rotatable bonds is 4. The van der Waals surface area contributed by atoms with Gasteiger partial charge in [0.2, 0.25) is 5.91 Å². The van der Waals surface area contributed by atoms with Crippen LogP contribution < -0.4 is 5.32 Å². The number of hydrogen-bond acceptors (Lipinski definition) is 4. The standard InChI is InChI=1S/C22H19F2N3O2S/c23-16-3-6-18(19(24)13-16)22(29)27-10-7-14(8-11-27)20(28)26-17-4-1-15(2-5-17)21-25-9-12-30-21/h1-6,9,12-14H,7-8,10-11H2,(H,26,28). The van der Waals surface area contributed by atoms with Gasteiger partial charge in [-0.2, -0.15) is 0 Å². The van der Waals surface area contributed by atoms with Gasteiger partial charge in [-0.25, -0.2) is 13.8 Å². The number of nitrogens with one attached hydrogen (secondary N) is 1. The Morgan fingerprint density at radius 1 is 1.07 bits per heavy atom. The maximum atomic E-state index is 13.9. The summed E-state index contributed by atoms with van der Waals surface area (Å²) in [5, 5.41) is 5.74. The number of benzene rings is 2. The Kier molecular flexibility index (Phi) is 5.85. The molecule has 2 heterocycles. The third kappa shape index (κ3) is 4.38. The fourth-order valence-electron chi connectivity index (χ4n) is 3.48. The van der Waals surface area contributed by atoms with Gasteiger partial charge in [-0.05, 0) is 49.2 Å². The Balaban J connectivity index is 1.32. The summed E-state index contributed by atoms with van der Waals surface area (Å²) in [6.07, 6.45) is 2.71. The van der Waals surface area contributed by atoms with Crippen LogP contribution in [0.5, 0.6) is 0 Å². The van der Waals surface area contributed by atoms with Crippen molar-refractivity contribution in [3.05, 3.63) is 71.2 Å². The summed E-state index contributed by atoms with van der Waals surface area (Å²) >= 11 is 1.55. The van der Waals surface area contributed by atoms with Crippen molar-refractivity contribution in [2.24, 2.45) is 5.92 Å². The average molecular weight is 427 g/mol. The molecule has 3 aromatic rings. The summed E-state index contributed by atoms with van der Waals surface area (Å²) in [6.45, 7) is 0.688. The van der Waals surface area contributed by atoms with Gasteiger partial charge in [-0.1, -0.05) is 0 Å². The molecule has 0 atom stereocenters. The topological polar surface area (TPSA) is 62.3 Å². The molecule has 1 fully saturated rings. The van der Waals surface area contributed by atoms with E-state index >= 15 is 0 Å². The van der Waals surface area contributed by atoms with Crippen LogP contribution in [-0.2, 0) is 4.79 Å². The lowest BCUT2D eigenvalue weighted by Crippen LogP contribution is -2.41. The number of likely N-dealkylation sites (tertiary alicyclic amines) is 1. The predicted octanol–water partition coefficient (Wildman–Crippen LogP) is 4.58. The van der Waals surface area contributed by atoms with Gasteiger partial charge in [0.25, 0.3) is 5.91 Å². The Morgan fingerprint density at radius 2 is 1.80 bits per heavy atom. The Hall–Kier alpha value is -3.13. The van der Waals surface area contributed by atoms with Crippen molar-refractivity contribution in [2.45, 2.75) is 12.8 Å². The van der Waals surface area contributed by atoms with Crippen molar-refractivity contribution in [2.75, 3.05) is 18.4 Å². The van der Waals surface area contributed by atoms with Crippen LogP contribution in [0.1, 0.15) is 23.2 Å². The molecule has 8 heteroatoms. The van der Waals surface area contributed by atoms with E-state index in [-0.39, 0.29) is 17.4 Å². The number of carbonyl (C=O) groups excluding carboxylic acids is 2. The maximum Gasteiger partial charge on any atom is 0.256 e. The molecule has 2 amide bonds. The van der Waals surface area contributed by atoms with Gasteiger partial charge in [-0.15, -0.1) is 11.3 Å². The van der Waals surface area contributed by atoms with E-state index < -0.39 is 17.5 Å². The molecule has 30 heavy (non-hydrogen) atoms. The molecular formula is C22H19F2N3O2S. The second-order valence-electron chi connectivity index (χ2n) is 7.09. The van der Waals surface area contributed by atoms with Crippen molar-refractivity contribution in [1.29, 1.82) is 0 Å². The number of aromatic nitrogens is 1. The fraction of sp³-hybridized carbons (Fsp3) is 0.227. The minimum absolute atomic E-state index is 0.0999. The van der Waals surface area contributed by atoms with Crippen molar-refractivity contribution in [3.63, 3.8) is 0 Å². The summed E-state index contributed by atoms with van der Waals surface area (Å²) < 4.78 is 26.9. The van der Waals surface area contributed by atoms with Crippen LogP contribution >= 0.6 is 11.3 Å². The van der Waals surface area contributed by atoms with E-state index in [9.17, 15) is 18.4 Å². The maximum absolute atomic E-state index is 13.9. The van der Waals surface area contributed by atoms with E-state index in [4.69, 9.17) is 0 Å². The van der Waals surface area contributed by atoms with E-state index in [1.54, 1.807) is 17.5 Å². The average Bonchev–Trinajstić information content (AvgIpc) is 3.29. The zero-order valence-electron chi connectivity index (χ0n) is 16.0. The molecule has 1 aromatic heterocycles. The number of anilines is 1. The highest BCUT2D eigenvalue weighted by molar-refractivity contribution is 7.13. The number of nitrogens with zero attached hydrogens (tertiary/aromatic N) is 2. The molecule has 0 bridgehead atoms. The van der Waals surface area contributed by atoms with E-state index in [1.807, 2.05) is 29.6 Å². The minimum Gasteiger partial charge on any atom is -0.339 e. The normalized spacial score (nSPS) is 14.5. The zero-order chi connectivity index (χ0) is 21.1. The molecule has 1 N–H and O–H groups in total. The SMILES string of the molecule is O=C(Nc1ccc(-c2nccs2)cc1)C1CCN(C(=O)c2ccc(F)cc2F)CC1. The number of halogens is 2. The Bertz CT molecular complexity index is 1050. The first-order valence-electron chi connectivity index (χ1n) is 9.56. The first-order valence-corrected chi connectivity index (χ1v) is 10.4. The third-order valence-electron chi connectivity index (χ3n) is 5.15. The lowest BCUT2D eigenvalue weighted by molar-refractivity contribution is -0.121. The monoisotopic (exact) mass is 427 g/mol. The second-order valence-corrected chi connectivity index (χ2v) is 7.99. The first kappa shape index (κ1) is 20.2. The van der Waals surface area contributed by atoms with E-state index in [0.717, 1.165) is 22.7 Å².